The van der Waals surface area contributed by atoms with Gasteiger partial charge in [-0.15, -0.1) is 0 Å². The maximum absolute atomic E-state index is 8.32. The molecule has 0 aliphatic heterocycles. The molecular formula is C5H13N3O. The van der Waals surface area contributed by atoms with E-state index in [0.29, 0.717) is 0 Å². The molecule has 0 unspecified atom stereocenters. The van der Waals surface area contributed by atoms with E-state index in [9.17, 15) is 0 Å². The van der Waals surface area contributed by atoms with Gasteiger partial charge in [0, 0.05) is 25.6 Å². The number of hydrogen-bond donors (Lipinski definition) is 4. The van der Waals surface area contributed by atoms with E-state index in [1.165, 1.54) is 0 Å². The minimum absolute atomic E-state index is 0.219. The number of rotatable bonds is 5. The number of nitrogens with two attached hydrogens (primary N) is 1. The third kappa shape index (κ3) is 7.26. The number of hydrogen-bond acceptors (Lipinski definition) is 4. The Morgan fingerprint density at radius 2 is 2.22 bits per heavy atom. The zero-order valence-electron chi connectivity index (χ0n) is 5.30. The molecule has 0 saturated carbocycles. The highest BCUT2D eigenvalue weighted by Crippen LogP contribution is 1.70. The molecule has 5 N–H and O–H groups in total. The minimum atomic E-state index is 0.219. The smallest absolute Gasteiger partial charge is 0.0447 e. The van der Waals surface area contributed by atoms with E-state index < -0.39 is 0 Å². The first-order valence-electron chi connectivity index (χ1n) is 2.87. The molecule has 0 atom stereocenters. The first kappa shape index (κ1) is 8.26. The summed E-state index contributed by atoms with van der Waals surface area (Å²) in [5, 5.41) is 11.2. The van der Waals surface area contributed by atoms with Crippen LogP contribution in [0.1, 0.15) is 6.42 Å². The van der Waals surface area contributed by atoms with Crippen molar-refractivity contribution < 1.29 is 5.11 Å². The number of hydrazine groups is 1. The van der Waals surface area contributed by atoms with Crippen molar-refractivity contribution in [3.8, 4) is 0 Å². The molecule has 54 valence electrons. The zero-order chi connectivity index (χ0) is 6.95. The molecule has 0 rings (SSSR count). The van der Waals surface area contributed by atoms with Gasteiger partial charge in [-0.2, -0.15) is 0 Å². The fourth-order valence-corrected chi connectivity index (χ4v) is 0.371. The lowest BCUT2D eigenvalue weighted by Gasteiger charge is -1.95. The molecular weight excluding hydrogens is 118 g/mol. The van der Waals surface area contributed by atoms with E-state index in [4.69, 9.17) is 10.9 Å². The monoisotopic (exact) mass is 131 g/mol. The van der Waals surface area contributed by atoms with Gasteiger partial charge in [0.1, 0.15) is 0 Å². The van der Waals surface area contributed by atoms with Crippen molar-refractivity contribution in [2.75, 3.05) is 13.2 Å². The molecule has 9 heavy (non-hydrogen) atoms. The van der Waals surface area contributed by atoms with Crippen molar-refractivity contribution in [3.63, 3.8) is 0 Å². The summed E-state index contributed by atoms with van der Waals surface area (Å²) in [6.45, 7) is 0.992. The number of aliphatic hydroxyl groups is 1. The van der Waals surface area contributed by atoms with Crippen molar-refractivity contribution in [3.05, 3.63) is 12.4 Å². The van der Waals surface area contributed by atoms with Gasteiger partial charge < -0.3 is 15.8 Å². The Morgan fingerprint density at radius 1 is 1.44 bits per heavy atom. The predicted molar refractivity (Wildman–Crippen MR) is 36.2 cm³/mol. The summed E-state index contributed by atoms with van der Waals surface area (Å²) in [7, 11) is 0. The standard InChI is InChI=1S/C5H13N3O/c6-8-4-3-7-2-1-5-9/h3-4,7-9H,1-2,5-6H2/b4-3-. The maximum Gasteiger partial charge on any atom is 0.0447 e. The van der Waals surface area contributed by atoms with Crippen LogP contribution < -0.4 is 16.6 Å². The lowest BCUT2D eigenvalue weighted by atomic mass is 10.4. The summed E-state index contributed by atoms with van der Waals surface area (Å²) in [6, 6.07) is 0. The van der Waals surface area contributed by atoms with Gasteiger partial charge in [0.05, 0.1) is 0 Å². The van der Waals surface area contributed by atoms with Crippen molar-refractivity contribution in [1.82, 2.24) is 10.7 Å². The van der Waals surface area contributed by atoms with E-state index in [-0.39, 0.29) is 6.61 Å². The summed E-state index contributed by atoms with van der Waals surface area (Å²) >= 11 is 0. The van der Waals surface area contributed by atoms with Crippen LogP contribution in [0.4, 0.5) is 0 Å². The van der Waals surface area contributed by atoms with Gasteiger partial charge in [-0.25, -0.2) is 0 Å². The van der Waals surface area contributed by atoms with Gasteiger partial charge in [0.25, 0.3) is 0 Å². The summed E-state index contributed by atoms with van der Waals surface area (Å²) in [4.78, 5) is 0. The molecule has 0 aliphatic rings. The molecule has 0 aromatic carbocycles. The van der Waals surface area contributed by atoms with Crippen LogP contribution in [-0.4, -0.2) is 18.3 Å². The van der Waals surface area contributed by atoms with Gasteiger partial charge in [-0.1, -0.05) is 0 Å². The molecule has 0 saturated heterocycles. The first-order chi connectivity index (χ1) is 4.41. The van der Waals surface area contributed by atoms with Crippen LogP contribution in [0.3, 0.4) is 0 Å². The quantitative estimate of drug-likeness (QED) is 0.217. The Balaban J connectivity index is 2.82. The molecule has 0 radical (unpaired) electrons. The van der Waals surface area contributed by atoms with Gasteiger partial charge in [-0.05, 0) is 6.42 Å². The summed E-state index contributed by atoms with van der Waals surface area (Å²) in [6.07, 6.45) is 4.03. The summed E-state index contributed by atoms with van der Waals surface area (Å²) in [5.74, 6) is 4.92. The Bertz CT molecular complexity index is 74.6. The van der Waals surface area contributed by atoms with Crippen LogP contribution in [0.25, 0.3) is 0 Å². The third-order valence-electron chi connectivity index (χ3n) is 0.777. The highest BCUT2D eigenvalue weighted by Gasteiger charge is 1.77. The molecule has 0 fully saturated rings. The first-order valence-corrected chi connectivity index (χ1v) is 2.87. The van der Waals surface area contributed by atoms with E-state index in [1.54, 1.807) is 12.4 Å². The second-order valence-corrected chi connectivity index (χ2v) is 1.53. The van der Waals surface area contributed by atoms with Gasteiger partial charge in [0.15, 0.2) is 0 Å². The van der Waals surface area contributed by atoms with Crippen molar-refractivity contribution >= 4 is 0 Å². The van der Waals surface area contributed by atoms with Crippen LogP contribution >= 0.6 is 0 Å². The van der Waals surface area contributed by atoms with Crippen LogP contribution in [0.2, 0.25) is 0 Å². The molecule has 4 heteroatoms. The molecule has 0 spiro atoms. The normalized spacial score (nSPS) is 10.0. The van der Waals surface area contributed by atoms with E-state index in [1.807, 2.05) is 0 Å². The van der Waals surface area contributed by atoms with Crippen LogP contribution in [0.15, 0.2) is 12.4 Å². The third-order valence-corrected chi connectivity index (χ3v) is 0.777. The Morgan fingerprint density at radius 3 is 2.78 bits per heavy atom. The van der Waals surface area contributed by atoms with Crippen molar-refractivity contribution in [2.24, 2.45) is 5.84 Å². The van der Waals surface area contributed by atoms with E-state index in [0.717, 1.165) is 13.0 Å². The van der Waals surface area contributed by atoms with Crippen molar-refractivity contribution in [2.45, 2.75) is 6.42 Å². The van der Waals surface area contributed by atoms with E-state index >= 15 is 0 Å². The molecule has 0 heterocycles. The molecule has 4 nitrogen and oxygen atoms in total. The average molecular weight is 131 g/mol. The number of nitrogens with one attached hydrogen (secondary N) is 2. The van der Waals surface area contributed by atoms with Gasteiger partial charge >= 0.3 is 0 Å². The fraction of sp³-hybridized carbons (Fsp3) is 0.600. The van der Waals surface area contributed by atoms with Crippen molar-refractivity contribution in [1.29, 1.82) is 0 Å². The lowest BCUT2D eigenvalue weighted by molar-refractivity contribution is 0.288. The fourth-order valence-electron chi connectivity index (χ4n) is 0.371. The minimum Gasteiger partial charge on any atom is -0.396 e. The topological polar surface area (TPSA) is 70.3 Å². The summed E-state index contributed by atoms with van der Waals surface area (Å²) < 4.78 is 0. The van der Waals surface area contributed by atoms with Gasteiger partial charge in [-0.3, -0.25) is 5.84 Å². The predicted octanol–water partition coefficient (Wildman–Crippen LogP) is -1.11. The molecule has 0 bridgehead atoms. The highest BCUT2D eigenvalue weighted by molar-refractivity contribution is 4.73. The summed E-state index contributed by atoms with van der Waals surface area (Å²) in [5.41, 5.74) is 2.34. The highest BCUT2D eigenvalue weighted by atomic mass is 16.3. The maximum atomic E-state index is 8.32. The molecule has 0 amide bonds. The number of aliphatic hydroxyl groups excluding tert-OH is 1. The average Bonchev–Trinajstić information content (AvgIpc) is 1.89. The van der Waals surface area contributed by atoms with Crippen LogP contribution in [0, 0.1) is 0 Å². The lowest BCUT2D eigenvalue weighted by Crippen LogP contribution is -2.16. The second kappa shape index (κ2) is 7.26. The molecule has 0 aromatic rings. The Hall–Kier alpha value is -0.740. The Kier molecular flexibility index (Phi) is 6.66. The van der Waals surface area contributed by atoms with Crippen LogP contribution in [0.5, 0.6) is 0 Å². The van der Waals surface area contributed by atoms with Gasteiger partial charge in [0.2, 0.25) is 0 Å². The molecule has 0 aliphatic carbocycles. The zero-order valence-corrected chi connectivity index (χ0v) is 5.30. The SMILES string of the molecule is NN/C=C\NCCCO. The second-order valence-electron chi connectivity index (χ2n) is 1.53. The van der Waals surface area contributed by atoms with E-state index in [2.05, 4.69) is 10.7 Å². The Labute approximate surface area is 54.7 Å². The van der Waals surface area contributed by atoms with Crippen LogP contribution in [-0.2, 0) is 0 Å². The molecule has 0 aromatic heterocycles. The largest absolute Gasteiger partial charge is 0.396 e.